The number of aliphatic hydroxyl groups excluding tert-OH is 1. The summed E-state index contributed by atoms with van der Waals surface area (Å²) in [5.41, 5.74) is -0.305. The number of hydrogen-bond donors (Lipinski definition) is 1. The summed E-state index contributed by atoms with van der Waals surface area (Å²) in [6, 6.07) is 4.15. The van der Waals surface area contributed by atoms with E-state index in [0.29, 0.717) is 11.3 Å². The molecule has 0 atom stereocenters. The van der Waals surface area contributed by atoms with E-state index in [1.54, 1.807) is 6.07 Å². The number of thiophene rings is 1. The molecule has 0 amide bonds. The molecule has 0 aliphatic rings. The molecule has 1 N–H and O–H groups in total. The average molecular weight is 253 g/mol. The number of ketones is 1. The molecule has 17 heavy (non-hydrogen) atoms. The normalized spacial score (nSPS) is 12.2. The maximum atomic E-state index is 12.8. The summed E-state index contributed by atoms with van der Waals surface area (Å²) in [6.07, 6.45) is 0.252. The lowest BCUT2D eigenvalue weighted by Gasteiger charge is -2.05. The van der Waals surface area contributed by atoms with Crippen molar-refractivity contribution in [3.05, 3.63) is 33.5 Å². The van der Waals surface area contributed by atoms with Gasteiger partial charge in [0.2, 0.25) is 5.78 Å². The van der Waals surface area contributed by atoms with Gasteiger partial charge in [-0.25, -0.2) is 0 Å². The summed E-state index contributed by atoms with van der Waals surface area (Å²) in [4.78, 5) is 11.9. The Hall–Kier alpha value is -1.67. The molecule has 0 saturated heterocycles. The van der Waals surface area contributed by atoms with Crippen LogP contribution in [0.1, 0.15) is 29.9 Å². The van der Waals surface area contributed by atoms with Gasteiger partial charge in [0.25, 0.3) is 0 Å². The molecular weight excluding hydrogens is 241 g/mol. The number of nitrogens with zero attached hydrogens (tertiary/aromatic N) is 1. The van der Waals surface area contributed by atoms with Crippen molar-refractivity contribution in [3.8, 4) is 6.07 Å². The third-order valence-electron chi connectivity index (χ3n) is 2.03. The van der Waals surface area contributed by atoms with Gasteiger partial charge in [0.05, 0.1) is 4.88 Å². The van der Waals surface area contributed by atoms with Gasteiger partial charge in [-0.3, -0.25) is 4.79 Å². The number of carbonyl (C=O) groups is 1. The van der Waals surface area contributed by atoms with Gasteiger partial charge >= 0.3 is 0 Å². The van der Waals surface area contributed by atoms with E-state index < -0.39 is 10.9 Å². The smallest absolute Gasteiger partial charge is 0.216 e. The van der Waals surface area contributed by atoms with Crippen molar-refractivity contribution in [2.24, 2.45) is 5.92 Å². The van der Waals surface area contributed by atoms with Crippen LogP contribution in [0.2, 0.25) is 0 Å². The molecule has 0 spiro atoms. The maximum Gasteiger partial charge on any atom is 0.216 e. The minimum absolute atomic E-state index is 0.120. The summed E-state index contributed by atoms with van der Waals surface area (Å²) < 4.78 is 12.8. The quantitative estimate of drug-likeness (QED) is 0.387. The average Bonchev–Trinajstić information content (AvgIpc) is 2.64. The van der Waals surface area contributed by atoms with Crippen molar-refractivity contribution in [1.82, 2.24) is 0 Å². The highest BCUT2D eigenvalue weighted by Gasteiger charge is 2.19. The second kappa shape index (κ2) is 5.60. The van der Waals surface area contributed by atoms with Crippen molar-refractivity contribution >= 4 is 17.1 Å². The summed E-state index contributed by atoms with van der Waals surface area (Å²) >= 11 is 0.663. The van der Waals surface area contributed by atoms with Gasteiger partial charge in [-0.2, -0.15) is 9.65 Å². The zero-order valence-electron chi connectivity index (χ0n) is 9.53. The van der Waals surface area contributed by atoms with Crippen LogP contribution < -0.4 is 0 Å². The lowest BCUT2D eigenvalue weighted by atomic mass is 10.0. The van der Waals surface area contributed by atoms with Crippen LogP contribution in [0.5, 0.6) is 0 Å². The molecule has 0 aliphatic carbocycles. The topological polar surface area (TPSA) is 61.1 Å². The highest BCUT2D eigenvalue weighted by Crippen LogP contribution is 2.21. The maximum absolute atomic E-state index is 12.8. The first-order chi connectivity index (χ1) is 7.95. The van der Waals surface area contributed by atoms with Crippen LogP contribution in [0.25, 0.3) is 0 Å². The van der Waals surface area contributed by atoms with Crippen LogP contribution in [-0.2, 0) is 0 Å². The van der Waals surface area contributed by atoms with E-state index in [4.69, 9.17) is 5.26 Å². The standard InChI is InChI=1S/C12H12FNO2S/c1-7(2)5-9(15)8(6-14)12(16)10-3-4-11(13)17-10/h3-4,7,15H,5H2,1-2H3. The van der Waals surface area contributed by atoms with E-state index in [1.165, 1.54) is 6.07 Å². The van der Waals surface area contributed by atoms with Gasteiger partial charge in [0, 0.05) is 6.42 Å². The van der Waals surface area contributed by atoms with Crippen LogP contribution >= 0.6 is 11.3 Å². The van der Waals surface area contributed by atoms with Gasteiger partial charge in [0.15, 0.2) is 5.13 Å². The van der Waals surface area contributed by atoms with Gasteiger partial charge < -0.3 is 5.11 Å². The summed E-state index contributed by atoms with van der Waals surface area (Å²) in [5, 5.41) is 18.0. The molecule has 3 nitrogen and oxygen atoms in total. The predicted molar refractivity (Wildman–Crippen MR) is 63.3 cm³/mol. The molecule has 1 aromatic rings. The molecule has 0 aromatic carbocycles. The number of carbonyl (C=O) groups excluding carboxylic acids is 1. The van der Waals surface area contributed by atoms with Crippen molar-refractivity contribution in [2.75, 3.05) is 0 Å². The van der Waals surface area contributed by atoms with E-state index in [0.717, 1.165) is 6.07 Å². The Labute approximate surface area is 103 Å². The van der Waals surface area contributed by atoms with E-state index in [9.17, 15) is 14.3 Å². The first kappa shape index (κ1) is 13.4. The molecule has 0 saturated carbocycles. The molecule has 90 valence electrons. The van der Waals surface area contributed by atoms with E-state index in [1.807, 2.05) is 13.8 Å². The van der Waals surface area contributed by atoms with Crippen molar-refractivity contribution in [3.63, 3.8) is 0 Å². The minimum atomic E-state index is -0.625. The Morgan fingerprint density at radius 3 is 2.65 bits per heavy atom. The van der Waals surface area contributed by atoms with E-state index in [-0.39, 0.29) is 28.5 Å². The Kier molecular flexibility index (Phi) is 4.41. The monoisotopic (exact) mass is 253 g/mol. The summed E-state index contributed by atoms with van der Waals surface area (Å²) in [7, 11) is 0. The molecule has 0 bridgehead atoms. The van der Waals surface area contributed by atoms with Gasteiger partial charge in [0.1, 0.15) is 17.4 Å². The van der Waals surface area contributed by atoms with Gasteiger partial charge in [-0.15, -0.1) is 11.3 Å². The molecule has 1 rings (SSSR count). The second-order valence-corrected chi connectivity index (χ2v) is 5.00. The fourth-order valence-electron chi connectivity index (χ4n) is 1.29. The van der Waals surface area contributed by atoms with E-state index >= 15 is 0 Å². The van der Waals surface area contributed by atoms with Gasteiger partial charge in [-0.1, -0.05) is 13.8 Å². The van der Waals surface area contributed by atoms with Gasteiger partial charge in [-0.05, 0) is 18.1 Å². The zero-order valence-corrected chi connectivity index (χ0v) is 10.3. The zero-order chi connectivity index (χ0) is 13.0. The first-order valence-electron chi connectivity index (χ1n) is 5.08. The van der Waals surface area contributed by atoms with Crippen LogP contribution in [0.3, 0.4) is 0 Å². The number of halogens is 1. The number of aliphatic hydroxyl groups is 1. The number of Topliss-reactive ketones (excluding diaryl/α,β-unsaturated/α-hetero) is 1. The van der Waals surface area contributed by atoms with Crippen molar-refractivity contribution < 1.29 is 14.3 Å². The lowest BCUT2D eigenvalue weighted by Crippen LogP contribution is -2.05. The first-order valence-corrected chi connectivity index (χ1v) is 5.89. The molecule has 0 radical (unpaired) electrons. The highest BCUT2D eigenvalue weighted by atomic mass is 32.1. The molecular formula is C12H12FNO2S. The molecule has 0 unspecified atom stereocenters. The Balaban J connectivity index is 3.04. The fourth-order valence-corrected chi connectivity index (χ4v) is 1.97. The molecule has 1 heterocycles. The Morgan fingerprint density at radius 2 is 2.24 bits per heavy atom. The SMILES string of the molecule is CC(C)CC(O)=C(C#N)C(=O)c1ccc(F)s1. The lowest BCUT2D eigenvalue weighted by molar-refractivity contribution is 0.103. The fraction of sp³-hybridized carbons (Fsp3) is 0.333. The molecule has 1 aromatic heterocycles. The van der Waals surface area contributed by atoms with Crippen LogP contribution in [0.15, 0.2) is 23.5 Å². The number of nitriles is 1. The predicted octanol–water partition coefficient (Wildman–Crippen LogP) is 3.45. The van der Waals surface area contributed by atoms with Crippen molar-refractivity contribution in [1.29, 1.82) is 5.26 Å². The second-order valence-electron chi connectivity index (χ2n) is 3.96. The number of hydrogen-bond acceptors (Lipinski definition) is 4. The summed E-state index contributed by atoms with van der Waals surface area (Å²) in [6.45, 7) is 3.72. The molecule has 5 heteroatoms. The Bertz CT molecular complexity index is 497. The third kappa shape index (κ3) is 3.40. The third-order valence-corrected chi connectivity index (χ3v) is 2.90. The van der Waals surface area contributed by atoms with Crippen LogP contribution in [0, 0.1) is 22.4 Å². The molecule has 0 fully saturated rings. The van der Waals surface area contributed by atoms with E-state index in [2.05, 4.69) is 0 Å². The largest absolute Gasteiger partial charge is 0.511 e. The van der Waals surface area contributed by atoms with Crippen LogP contribution in [-0.4, -0.2) is 10.9 Å². The minimum Gasteiger partial charge on any atom is -0.511 e. The van der Waals surface area contributed by atoms with Crippen molar-refractivity contribution in [2.45, 2.75) is 20.3 Å². The molecule has 0 aliphatic heterocycles. The Morgan fingerprint density at radius 1 is 1.59 bits per heavy atom. The highest BCUT2D eigenvalue weighted by molar-refractivity contribution is 7.12. The van der Waals surface area contributed by atoms with Crippen LogP contribution in [0.4, 0.5) is 4.39 Å². The summed E-state index contributed by atoms with van der Waals surface area (Å²) in [5.74, 6) is -0.730. The number of allylic oxidation sites excluding steroid dienone is 2. The number of rotatable bonds is 4.